The Kier molecular flexibility index (Phi) is 5.16. The standard InChI is InChI=1S/C23H17N5O3/c1-14-7-9-28-20(10-14)26-13-18(23(28)30)21(29)27-19-6-5-17(11-15(19)2)31-22-16(12-24)4-3-8-25-22/h3-11,13H,1-2H3,(H,27,29). The molecule has 3 heterocycles. The second-order valence-electron chi connectivity index (χ2n) is 6.91. The SMILES string of the molecule is Cc1ccn2c(=O)c(C(=O)Nc3ccc(Oc4ncccc4C#N)cc3C)cnc2c1. The summed E-state index contributed by atoms with van der Waals surface area (Å²) in [5.74, 6) is 0.112. The summed E-state index contributed by atoms with van der Waals surface area (Å²) in [6.07, 6.45) is 4.42. The number of rotatable bonds is 4. The number of hydrogen-bond donors (Lipinski definition) is 1. The Hall–Kier alpha value is -4.51. The van der Waals surface area contributed by atoms with Crippen LogP contribution < -0.4 is 15.6 Å². The van der Waals surface area contributed by atoms with Crippen molar-refractivity contribution in [2.24, 2.45) is 0 Å². The second kappa shape index (κ2) is 8.08. The van der Waals surface area contributed by atoms with Crippen LogP contribution in [0.15, 0.2) is 65.8 Å². The van der Waals surface area contributed by atoms with Crippen LogP contribution in [0.5, 0.6) is 11.6 Å². The van der Waals surface area contributed by atoms with Crippen molar-refractivity contribution in [1.82, 2.24) is 14.4 Å². The van der Waals surface area contributed by atoms with E-state index >= 15 is 0 Å². The first-order valence-electron chi connectivity index (χ1n) is 9.39. The minimum Gasteiger partial charge on any atom is -0.438 e. The van der Waals surface area contributed by atoms with Gasteiger partial charge in [0, 0.05) is 24.3 Å². The molecule has 0 atom stereocenters. The fourth-order valence-corrected chi connectivity index (χ4v) is 3.03. The number of hydrogen-bond acceptors (Lipinski definition) is 6. The number of carbonyl (C=O) groups is 1. The van der Waals surface area contributed by atoms with Gasteiger partial charge in [0.05, 0.1) is 0 Å². The number of nitriles is 1. The minimum atomic E-state index is -0.555. The van der Waals surface area contributed by atoms with E-state index in [0.717, 1.165) is 5.56 Å². The number of anilines is 1. The summed E-state index contributed by atoms with van der Waals surface area (Å²) in [5, 5.41) is 11.9. The number of ether oxygens (including phenoxy) is 1. The molecule has 8 nitrogen and oxygen atoms in total. The lowest BCUT2D eigenvalue weighted by Gasteiger charge is -2.11. The molecule has 0 bridgehead atoms. The molecule has 152 valence electrons. The predicted octanol–water partition coefficient (Wildman–Crippen LogP) is 3.62. The molecular weight excluding hydrogens is 394 g/mol. The third kappa shape index (κ3) is 3.97. The Morgan fingerprint density at radius 3 is 2.77 bits per heavy atom. The van der Waals surface area contributed by atoms with E-state index < -0.39 is 11.5 Å². The molecule has 4 rings (SSSR count). The number of benzene rings is 1. The van der Waals surface area contributed by atoms with Crippen molar-refractivity contribution in [3.8, 4) is 17.7 Å². The topological polar surface area (TPSA) is 109 Å². The number of carbonyl (C=O) groups excluding carboxylic acids is 1. The van der Waals surface area contributed by atoms with Gasteiger partial charge in [-0.2, -0.15) is 5.26 Å². The Morgan fingerprint density at radius 2 is 2.00 bits per heavy atom. The van der Waals surface area contributed by atoms with E-state index in [1.54, 1.807) is 55.6 Å². The molecule has 3 aromatic heterocycles. The molecule has 0 aliphatic rings. The van der Waals surface area contributed by atoms with Crippen molar-refractivity contribution in [2.75, 3.05) is 5.32 Å². The first-order chi connectivity index (χ1) is 15.0. The second-order valence-corrected chi connectivity index (χ2v) is 6.91. The van der Waals surface area contributed by atoms with Crippen LogP contribution >= 0.6 is 0 Å². The quantitative estimate of drug-likeness (QED) is 0.549. The van der Waals surface area contributed by atoms with Gasteiger partial charge in [-0.05, 0) is 67.4 Å². The fourth-order valence-electron chi connectivity index (χ4n) is 3.03. The smallest absolute Gasteiger partial charge is 0.270 e. The maximum atomic E-state index is 12.7. The number of nitrogens with zero attached hydrogens (tertiary/aromatic N) is 4. The number of pyridine rings is 2. The molecule has 4 aromatic rings. The lowest BCUT2D eigenvalue weighted by atomic mass is 10.1. The van der Waals surface area contributed by atoms with Gasteiger partial charge >= 0.3 is 0 Å². The molecule has 8 heteroatoms. The summed E-state index contributed by atoms with van der Waals surface area (Å²) in [7, 11) is 0. The normalized spacial score (nSPS) is 10.5. The molecule has 0 saturated heterocycles. The van der Waals surface area contributed by atoms with Crippen LogP contribution in [0.25, 0.3) is 5.65 Å². The van der Waals surface area contributed by atoms with Crippen molar-refractivity contribution >= 4 is 17.2 Å². The van der Waals surface area contributed by atoms with Crippen LogP contribution in [-0.4, -0.2) is 20.3 Å². The lowest BCUT2D eigenvalue weighted by molar-refractivity contribution is 0.102. The van der Waals surface area contributed by atoms with E-state index in [9.17, 15) is 9.59 Å². The zero-order valence-electron chi connectivity index (χ0n) is 16.8. The van der Waals surface area contributed by atoms with Gasteiger partial charge in [0.1, 0.15) is 28.6 Å². The molecule has 1 aromatic carbocycles. The van der Waals surface area contributed by atoms with Gasteiger partial charge in [-0.3, -0.25) is 14.0 Å². The summed E-state index contributed by atoms with van der Waals surface area (Å²) >= 11 is 0. The van der Waals surface area contributed by atoms with Crippen LogP contribution in [0, 0.1) is 25.2 Å². The van der Waals surface area contributed by atoms with Crippen LogP contribution in [0.1, 0.15) is 27.0 Å². The Bertz CT molecular complexity index is 1420. The first kappa shape index (κ1) is 19.8. The summed E-state index contributed by atoms with van der Waals surface area (Å²) in [4.78, 5) is 33.7. The first-order valence-corrected chi connectivity index (χ1v) is 9.39. The van der Waals surface area contributed by atoms with E-state index in [0.29, 0.717) is 28.2 Å². The third-order valence-electron chi connectivity index (χ3n) is 4.66. The van der Waals surface area contributed by atoms with Crippen molar-refractivity contribution in [2.45, 2.75) is 13.8 Å². The van der Waals surface area contributed by atoms with Crippen LogP contribution in [0.3, 0.4) is 0 Å². The van der Waals surface area contributed by atoms with Crippen LogP contribution in [-0.2, 0) is 0 Å². The Morgan fingerprint density at radius 1 is 1.16 bits per heavy atom. The Labute approximate surface area is 177 Å². The van der Waals surface area contributed by atoms with Gasteiger partial charge in [0.2, 0.25) is 5.88 Å². The van der Waals surface area contributed by atoms with Crippen molar-refractivity contribution < 1.29 is 9.53 Å². The van der Waals surface area contributed by atoms with E-state index in [1.807, 2.05) is 13.0 Å². The van der Waals surface area contributed by atoms with E-state index in [-0.39, 0.29) is 11.4 Å². The maximum Gasteiger partial charge on any atom is 0.270 e. The van der Waals surface area contributed by atoms with Crippen molar-refractivity contribution in [3.05, 3.63) is 93.7 Å². The zero-order chi connectivity index (χ0) is 22.0. The van der Waals surface area contributed by atoms with Gasteiger partial charge in [0.15, 0.2) is 0 Å². The number of aryl methyl sites for hydroxylation is 2. The summed E-state index contributed by atoms with van der Waals surface area (Å²) in [5.41, 5.74) is 2.49. The number of aromatic nitrogens is 3. The molecule has 0 aliphatic heterocycles. The molecule has 0 spiro atoms. The van der Waals surface area contributed by atoms with E-state index in [1.165, 1.54) is 16.8 Å². The largest absolute Gasteiger partial charge is 0.438 e. The molecule has 0 aliphatic carbocycles. The number of nitrogens with one attached hydrogen (secondary N) is 1. The van der Waals surface area contributed by atoms with Gasteiger partial charge in [-0.25, -0.2) is 9.97 Å². The molecular formula is C23H17N5O3. The monoisotopic (exact) mass is 411 g/mol. The average molecular weight is 411 g/mol. The maximum absolute atomic E-state index is 12.7. The lowest BCUT2D eigenvalue weighted by Crippen LogP contribution is -2.26. The van der Waals surface area contributed by atoms with Gasteiger partial charge in [0.25, 0.3) is 11.5 Å². The molecule has 0 saturated carbocycles. The molecule has 31 heavy (non-hydrogen) atoms. The van der Waals surface area contributed by atoms with Gasteiger partial charge in [-0.1, -0.05) is 0 Å². The fraction of sp³-hybridized carbons (Fsp3) is 0.0870. The Balaban J connectivity index is 1.57. The van der Waals surface area contributed by atoms with E-state index in [2.05, 4.69) is 15.3 Å². The predicted molar refractivity (Wildman–Crippen MR) is 114 cm³/mol. The molecule has 0 radical (unpaired) electrons. The molecule has 1 N–H and O–H groups in total. The molecule has 1 amide bonds. The highest BCUT2D eigenvalue weighted by atomic mass is 16.5. The number of amides is 1. The minimum absolute atomic E-state index is 0.0618. The molecule has 0 fully saturated rings. The highest BCUT2D eigenvalue weighted by Gasteiger charge is 2.15. The summed E-state index contributed by atoms with van der Waals surface area (Å²) in [6, 6.07) is 13.9. The van der Waals surface area contributed by atoms with Crippen LogP contribution in [0.2, 0.25) is 0 Å². The average Bonchev–Trinajstić information content (AvgIpc) is 2.76. The zero-order valence-corrected chi connectivity index (χ0v) is 16.8. The summed E-state index contributed by atoms with van der Waals surface area (Å²) < 4.78 is 7.03. The van der Waals surface area contributed by atoms with Gasteiger partial charge < -0.3 is 10.1 Å². The van der Waals surface area contributed by atoms with Crippen molar-refractivity contribution in [1.29, 1.82) is 5.26 Å². The summed E-state index contributed by atoms with van der Waals surface area (Å²) in [6.45, 7) is 3.69. The number of fused-ring (bicyclic) bond motifs is 1. The highest BCUT2D eigenvalue weighted by molar-refractivity contribution is 6.04. The molecule has 0 unspecified atom stereocenters. The third-order valence-corrected chi connectivity index (χ3v) is 4.66. The van der Waals surface area contributed by atoms with E-state index in [4.69, 9.17) is 10.00 Å². The van der Waals surface area contributed by atoms with Crippen LogP contribution in [0.4, 0.5) is 5.69 Å². The van der Waals surface area contributed by atoms with Gasteiger partial charge in [-0.15, -0.1) is 0 Å². The highest BCUT2D eigenvalue weighted by Crippen LogP contribution is 2.26. The van der Waals surface area contributed by atoms with Crippen molar-refractivity contribution in [3.63, 3.8) is 0 Å².